The van der Waals surface area contributed by atoms with E-state index in [0.717, 1.165) is 5.56 Å². The van der Waals surface area contributed by atoms with Crippen molar-refractivity contribution >= 4 is 15.9 Å². The van der Waals surface area contributed by atoms with E-state index in [-0.39, 0.29) is 0 Å². The fourth-order valence-electron chi connectivity index (χ4n) is 0.845. The molecule has 0 nitrogen and oxygen atoms in total. The van der Waals surface area contributed by atoms with Gasteiger partial charge < -0.3 is 0 Å². The van der Waals surface area contributed by atoms with Crippen molar-refractivity contribution in [1.29, 1.82) is 0 Å². The molecule has 1 rings (SSSR count). The van der Waals surface area contributed by atoms with Gasteiger partial charge in [-0.3, -0.25) is 0 Å². The molecule has 0 aliphatic heterocycles. The minimum atomic E-state index is 0.398. The third-order valence-corrected chi connectivity index (χ3v) is 2.07. The van der Waals surface area contributed by atoms with Gasteiger partial charge in [-0.15, -0.1) is 6.42 Å². The summed E-state index contributed by atoms with van der Waals surface area (Å²) in [5.41, 5.74) is 2.19. The Morgan fingerprint density at radius 2 is 1.91 bits per heavy atom. The molecule has 0 aliphatic rings. The van der Waals surface area contributed by atoms with Gasteiger partial charge in [0.15, 0.2) is 0 Å². The average molecular weight is 209 g/mol. The molecule has 1 heteroatoms. The maximum Gasteiger partial charge on any atom is 0.0367 e. The van der Waals surface area contributed by atoms with Crippen LogP contribution in [0.3, 0.4) is 0 Å². The SMILES string of the molecule is C#Cc1ccc([C@H](C)Br)cc1. The van der Waals surface area contributed by atoms with Crippen LogP contribution in [0.2, 0.25) is 0 Å². The fraction of sp³-hybridized carbons (Fsp3) is 0.200. The van der Waals surface area contributed by atoms with Gasteiger partial charge in [0, 0.05) is 10.4 Å². The van der Waals surface area contributed by atoms with Gasteiger partial charge in [-0.1, -0.05) is 34.0 Å². The van der Waals surface area contributed by atoms with Crippen LogP contribution in [-0.2, 0) is 0 Å². The molecule has 1 aromatic rings. The number of terminal acetylenes is 1. The summed E-state index contributed by atoms with van der Waals surface area (Å²) >= 11 is 3.48. The second-order valence-electron chi connectivity index (χ2n) is 2.38. The molecule has 11 heavy (non-hydrogen) atoms. The monoisotopic (exact) mass is 208 g/mol. The van der Waals surface area contributed by atoms with Gasteiger partial charge in [-0.25, -0.2) is 0 Å². The quantitative estimate of drug-likeness (QED) is 0.492. The summed E-state index contributed by atoms with van der Waals surface area (Å²) in [5.74, 6) is 2.58. The normalized spacial score (nSPS) is 12.1. The van der Waals surface area contributed by atoms with Gasteiger partial charge in [0.1, 0.15) is 0 Å². The van der Waals surface area contributed by atoms with Crippen LogP contribution in [0.25, 0.3) is 0 Å². The molecule has 0 fully saturated rings. The van der Waals surface area contributed by atoms with E-state index < -0.39 is 0 Å². The maximum atomic E-state index is 5.21. The van der Waals surface area contributed by atoms with Gasteiger partial charge in [-0.2, -0.15) is 0 Å². The molecule has 0 radical (unpaired) electrons. The highest BCUT2D eigenvalue weighted by molar-refractivity contribution is 9.09. The van der Waals surface area contributed by atoms with Crippen LogP contribution in [0, 0.1) is 12.3 Å². The highest BCUT2D eigenvalue weighted by atomic mass is 79.9. The van der Waals surface area contributed by atoms with E-state index in [2.05, 4.69) is 28.8 Å². The third kappa shape index (κ3) is 2.10. The summed E-state index contributed by atoms with van der Waals surface area (Å²) in [5, 5.41) is 0. The van der Waals surface area contributed by atoms with E-state index in [1.807, 2.05) is 24.3 Å². The van der Waals surface area contributed by atoms with Crippen LogP contribution in [0.15, 0.2) is 24.3 Å². The Labute approximate surface area is 75.8 Å². The first-order valence-electron chi connectivity index (χ1n) is 3.44. The van der Waals surface area contributed by atoms with E-state index in [9.17, 15) is 0 Å². The zero-order chi connectivity index (χ0) is 8.27. The highest BCUT2D eigenvalue weighted by Gasteiger charge is 1.97. The van der Waals surface area contributed by atoms with Gasteiger partial charge in [0.2, 0.25) is 0 Å². The summed E-state index contributed by atoms with van der Waals surface area (Å²) in [7, 11) is 0. The van der Waals surface area contributed by atoms with Gasteiger partial charge in [0.25, 0.3) is 0 Å². The predicted molar refractivity (Wildman–Crippen MR) is 51.7 cm³/mol. The maximum absolute atomic E-state index is 5.21. The lowest BCUT2D eigenvalue weighted by atomic mass is 10.1. The summed E-state index contributed by atoms with van der Waals surface area (Å²) in [6.45, 7) is 2.09. The average Bonchev–Trinajstić information content (AvgIpc) is 2.05. The molecule has 0 unspecified atom stereocenters. The number of benzene rings is 1. The van der Waals surface area contributed by atoms with Crippen molar-refractivity contribution in [2.75, 3.05) is 0 Å². The zero-order valence-corrected chi connectivity index (χ0v) is 7.93. The molecule has 1 aromatic carbocycles. The molecule has 0 amide bonds. The number of rotatable bonds is 1. The third-order valence-electron chi connectivity index (χ3n) is 1.54. The lowest BCUT2D eigenvalue weighted by Crippen LogP contribution is -1.82. The second-order valence-corrected chi connectivity index (χ2v) is 3.76. The number of halogens is 1. The van der Waals surface area contributed by atoms with Crippen LogP contribution in [0.1, 0.15) is 22.9 Å². The summed E-state index contributed by atoms with van der Waals surface area (Å²) in [4.78, 5) is 0.398. The molecule has 0 aliphatic carbocycles. The van der Waals surface area contributed by atoms with Crippen LogP contribution >= 0.6 is 15.9 Å². The molecule has 0 saturated heterocycles. The minimum Gasteiger partial charge on any atom is -0.115 e. The molecule has 0 heterocycles. The molecule has 56 valence electrons. The molecule has 0 bridgehead atoms. The second kappa shape index (κ2) is 3.59. The van der Waals surface area contributed by atoms with Gasteiger partial charge in [0.05, 0.1) is 0 Å². The van der Waals surface area contributed by atoms with Crippen molar-refractivity contribution in [3.05, 3.63) is 35.4 Å². The van der Waals surface area contributed by atoms with E-state index in [4.69, 9.17) is 6.42 Å². The molecular weight excluding hydrogens is 200 g/mol. The fourth-order valence-corrected chi connectivity index (χ4v) is 1.15. The first-order chi connectivity index (χ1) is 5.24. The Balaban J connectivity index is 2.94. The van der Waals surface area contributed by atoms with Crippen molar-refractivity contribution in [2.45, 2.75) is 11.8 Å². The molecule has 1 atom stereocenters. The summed E-state index contributed by atoms with van der Waals surface area (Å²) in [6.07, 6.45) is 5.21. The largest absolute Gasteiger partial charge is 0.115 e. The standard InChI is InChI=1S/C10H9Br/c1-3-9-4-6-10(7-5-9)8(2)11/h1,4-8H,2H3/t8-/m0/s1. The molecular formula is C10H9Br. The Morgan fingerprint density at radius 3 is 2.27 bits per heavy atom. The van der Waals surface area contributed by atoms with E-state index in [0.29, 0.717) is 4.83 Å². The van der Waals surface area contributed by atoms with Crippen molar-refractivity contribution in [3.8, 4) is 12.3 Å². The first kappa shape index (κ1) is 8.36. The molecule has 0 aromatic heterocycles. The van der Waals surface area contributed by atoms with Crippen LogP contribution in [0.4, 0.5) is 0 Å². The predicted octanol–water partition coefficient (Wildman–Crippen LogP) is 3.12. The Kier molecular flexibility index (Phi) is 2.73. The van der Waals surface area contributed by atoms with Crippen molar-refractivity contribution < 1.29 is 0 Å². The van der Waals surface area contributed by atoms with Crippen molar-refractivity contribution in [1.82, 2.24) is 0 Å². The van der Waals surface area contributed by atoms with Crippen LogP contribution < -0.4 is 0 Å². The minimum absolute atomic E-state index is 0.398. The van der Waals surface area contributed by atoms with Crippen LogP contribution in [-0.4, -0.2) is 0 Å². The van der Waals surface area contributed by atoms with Crippen LogP contribution in [0.5, 0.6) is 0 Å². The highest BCUT2D eigenvalue weighted by Crippen LogP contribution is 2.21. The topological polar surface area (TPSA) is 0 Å². The number of hydrogen-bond acceptors (Lipinski definition) is 0. The van der Waals surface area contributed by atoms with E-state index >= 15 is 0 Å². The van der Waals surface area contributed by atoms with E-state index in [1.165, 1.54) is 5.56 Å². The zero-order valence-electron chi connectivity index (χ0n) is 6.34. The summed E-state index contributed by atoms with van der Waals surface area (Å²) in [6, 6.07) is 7.98. The Morgan fingerprint density at radius 1 is 1.36 bits per heavy atom. The van der Waals surface area contributed by atoms with Crippen molar-refractivity contribution in [2.24, 2.45) is 0 Å². The Bertz CT molecular complexity index is 264. The number of hydrogen-bond donors (Lipinski definition) is 0. The van der Waals surface area contributed by atoms with E-state index in [1.54, 1.807) is 0 Å². The lowest BCUT2D eigenvalue weighted by Gasteiger charge is -2.01. The van der Waals surface area contributed by atoms with Gasteiger partial charge in [-0.05, 0) is 24.6 Å². The molecule has 0 saturated carbocycles. The molecule has 0 N–H and O–H groups in total. The Hall–Kier alpha value is -0.740. The number of alkyl halides is 1. The summed E-state index contributed by atoms with van der Waals surface area (Å²) < 4.78 is 0. The van der Waals surface area contributed by atoms with Crippen molar-refractivity contribution in [3.63, 3.8) is 0 Å². The smallest absolute Gasteiger partial charge is 0.0367 e. The first-order valence-corrected chi connectivity index (χ1v) is 4.36. The molecule has 0 spiro atoms. The lowest BCUT2D eigenvalue weighted by molar-refractivity contribution is 1.12. The van der Waals surface area contributed by atoms with Gasteiger partial charge >= 0.3 is 0 Å².